The van der Waals surface area contributed by atoms with Crippen LogP contribution in [0.4, 0.5) is 0 Å². The Morgan fingerprint density at radius 1 is 1.60 bits per heavy atom. The van der Waals surface area contributed by atoms with E-state index < -0.39 is 0 Å². The summed E-state index contributed by atoms with van der Waals surface area (Å²) in [5.74, 6) is 0.788. The Bertz CT molecular complexity index is 355. The van der Waals surface area contributed by atoms with E-state index in [1.807, 2.05) is 25.2 Å². The smallest absolute Gasteiger partial charge is 0.183 e. The van der Waals surface area contributed by atoms with Gasteiger partial charge < -0.3 is 0 Å². The fourth-order valence-electron chi connectivity index (χ4n) is 0.943. The molecule has 4 nitrogen and oxygen atoms in total. The highest BCUT2D eigenvalue weighted by molar-refractivity contribution is 8.13. The number of hydrogen-bond acceptors (Lipinski definition) is 4. The molecule has 0 atom stereocenters. The summed E-state index contributed by atoms with van der Waals surface area (Å²) in [7, 11) is 0. The number of nitrogens with one attached hydrogen (secondary N) is 1. The zero-order valence-electron chi connectivity index (χ0n) is 8.47. The first-order chi connectivity index (χ1) is 7.36. The molecule has 0 unspecified atom stereocenters. The molecule has 0 spiro atoms. The largest absolute Gasteiger partial charge is 0.272 e. The molecule has 1 aromatic heterocycles. The van der Waals surface area contributed by atoms with Crippen LogP contribution in [0.15, 0.2) is 29.5 Å². The minimum absolute atomic E-state index is 0.664. The molecule has 0 fully saturated rings. The molecule has 0 bridgehead atoms. The Balaban J connectivity index is 2.48. The van der Waals surface area contributed by atoms with Crippen LogP contribution in [0.1, 0.15) is 12.5 Å². The molecule has 1 aromatic rings. The van der Waals surface area contributed by atoms with Crippen LogP contribution in [-0.2, 0) is 5.75 Å². The van der Waals surface area contributed by atoms with E-state index in [0.29, 0.717) is 11.7 Å². The van der Waals surface area contributed by atoms with Gasteiger partial charge in [0.15, 0.2) is 11.4 Å². The molecule has 15 heavy (non-hydrogen) atoms. The van der Waals surface area contributed by atoms with E-state index in [-0.39, 0.29) is 0 Å². The molecule has 1 N–H and O–H groups in total. The second-order valence-corrected chi connectivity index (χ2v) is 3.62. The van der Waals surface area contributed by atoms with Gasteiger partial charge in [0.25, 0.3) is 0 Å². The highest BCUT2D eigenvalue weighted by Crippen LogP contribution is 2.11. The van der Waals surface area contributed by atoms with Crippen molar-refractivity contribution < 1.29 is 0 Å². The molecule has 1 heterocycles. The summed E-state index contributed by atoms with van der Waals surface area (Å²) < 4.78 is 0. The van der Waals surface area contributed by atoms with Crippen LogP contribution in [-0.4, -0.2) is 16.7 Å². The van der Waals surface area contributed by atoms with Gasteiger partial charge in [-0.15, -0.1) is 0 Å². The highest BCUT2D eigenvalue weighted by Gasteiger charge is 1.99. The molecule has 0 saturated heterocycles. The molecule has 78 valence electrons. The van der Waals surface area contributed by atoms with Crippen LogP contribution in [0.25, 0.3) is 0 Å². The number of aromatic nitrogens is 1. The Kier molecular flexibility index (Phi) is 5.26. The van der Waals surface area contributed by atoms with E-state index in [4.69, 9.17) is 5.26 Å². The van der Waals surface area contributed by atoms with Crippen molar-refractivity contribution in [1.29, 1.82) is 5.26 Å². The quantitative estimate of drug-likeness (QED) is 0.365. The zero-order chi connectivity index (χ0) is 10.9. The van der Waals surface area contributed by atoms with E-state index in [0.717, 1.165) is 5.75 Å². The fraction of sp³-hybridized carbons (Fsp3) is 0.300. The van der Waals surface area contributed by atoms with Crippen LogP contribution in [0.5, 0.6) is 0 Å². The minimum Gasteiger partial charge on any atom is -0.272 e. The van der Waals surface area contributed by atoms with Crippen LogP contribution in [0, 0.1) is 11.5 Å². The maximum Gasteiger partial charge on any atom is 0.183 e. The number of hydrogen-bond donors (Lipinski definition) is 1. The first kappa shape index (κ1) is 11.5. The van der Waals surface area contributed by atoms with Gasteiger partial charge in [0, 0.05) is 24.7 Å². The van der Waals surface area contributed by atoms with E-state index in [1.165, 1.54) is 17.3 Å². The number of rotatable bonds is 3. The van der Waals surface area contributed by atoms with E-state index in [2.05, 4.69) is 15.3 Å². The topological polar surface area (TPSA) is 61.1 Å². The SMILES string of the molecule is CCN=C(NC#N)SCc1ccncc1. The lowest BCUT2D eigenvalue weighted by Crippen LogP contribution is -2.14. The molecule has 0 radical (unpaired) electrons. The summed E-state index contributed by atoms with van der Waals surface area (Å²) in [5.41, 5.74) is 1.17. The highest BCUT2D eigenvalue weighted by atomic mass is 32.2. The van der Waals surface area contributed by atoms with Crippen molar-refractivity contribution in [3.05, 3.63) is 30.1 Å². The molecular weight excluding hydrogens is 208 g/mol. The first-order valence-electron chi connectivity index (χ1n) is 4.58. The van der Waals surface area contributed by atoms with Gasteiger partial charge in [-0.2, -0.15) is 5.26 Å². The summed E-state index contributed by atoms with van der Waals surface area (Å²) in [6.07, 6.45) is 5.38. The van der Waals surface area contributed by atoms with Gasteiger partial charge in [-0.05, 0) is 24.6 Å². The lowest BCUT2D eigenvalue weighted by molar-refractivity contribution is 1.11. The third-order valence-electron chi connectivity index (χ3n) is 1.59. The second-order valence-electron chi connectivity index (χ2n) is 2.66. The molecule has 0 aliphatic carbocycles. The molecule has 0 amide bonds. The van der Waals surface area contributed by atoms with Gasteiger partial charge in [0.2, 0.25) is 0 Å². The summed E-state index contributed by atoms with van der Waals surface area (Å²) >= 11 is 1.51. The van der Waals surface area contributed by atoms with Crippen molar-refractivity contribution in [2.24, 2.45) is 4.99 Å². The van der Waals surface area contributed by atoms with Crippen molar-refractivity contribution in [3.63, 3.8) is 0 Å². The summed E-state index contributed by atoms with van der Waals surface area (Å²) in [4.78, 5) is 8.10. The third-order valence-corrected chi connectivity index (χ3v) is 2.57. The Morgan fingerprint density at radius 3 is 2.93 bits per heavy atom. The standard InChI is InChI=1S/C10H12N4S/c1-2-13-10(14-8-11)15-7-9-3-5-12-6-4-9/h3-6H,2,7H2,1H3,(H,13,14). The molecule has 0 aliphatic rings. The number of nitrogens with zero attached hydrogens (tertiary/aromatic N) is 3. The van der Waals surface area contributed by atoms with Gasteiger partial charge in [-0.3, -0.25) is 15.3 Å². The third kappa shape index (κ3) is 4.47. The summed E-state index contributed by atoms with van der Waals surface area (Å²) in [6.45, 7) is 2.61. The van der Waals surface area contributed by atoms with Crippen molar-refractivity contribution in [2.45, 2.75) is 12.7 Å². The number of nitriles is 1. The van der Waals surface area contributed by atoms with E-state index >= 15 is 0 Å². The number of pyridine rings is 1. The van der Waals surface area contributed by atoms with Crippen molar-refractivity contribution >= 4 is 16.9 Å². The van der Waals surface area contributed by atoms with Gasteiger partial charge in [0.1, 0.15) is 0 Å². The number of thioether (sulfide) groups is 1. The molecule has 5 heteroatoms. The van der Waals surface area contributed by atoms with Gasteiger partial charge in [-0.1, -0.05) is 11.8 Å². The molecule has 0 aliphatic heterocycles. The fourth-order valence-corrected chi connectivity index (χ4v) is 1.78. The predicted molar refractivity (Wildman–Crippen MR) is 62.3 cm³/mol. The summed E-state index contributed by atoms with van der Waals surface area (Å²) in [5, 5.41) is 11.7. The average molecular weight is 220 g/mol. The van der Waals surface area contributed by atoms with Crippen LogP contribution >= 0.6 is 11.8 Å². The Morgan fingerprint density at radius 2 is 2.33 bits per heavy atom. The van der Waals surface area contributed by atoms with Crippen molar-refractivity contribution in [3.8, 4) is 6.19 Å². The first-order valence-corrected chi connectivity index (χ1v) is 5.56. The summed E-state index contributed by atoms with van der Waals surface area (Å²) in [6, 6.07) is 3.89. The molecular formula is C10H12N4S. The van der Waals surface area contributed by atoms with Crippen molar-refractivity contribution in [1.82, 2.24) is 10.3 Å². The van der Waals surface area contributed by atoms with Gasteiger partial charge in [0.05, 0.1) is 0 Å². The monoisotopic (exact) mass is 220 g/mol. The van der Waals surface area contributed by atoms with E-state index in [1.54, 1.807) is 12.4 Å². The Hall–Kier alpha value is -1.54. The normalized spacial score (nSPS) is 10.8. The van der Waals surface area contributed by atoms with Crippen LogP contribution in [0.3, 0.4) is 0 Å². The maximum atomic E-state index is 8.50. The zero-order valence-corrected chi connectivity index (χ0v) is 9.29. The predicted octanol–water partition coefficient (Wildman–Crippen LogP) is 1.76. The molecule has 0 aromatic carbocycles. The Labute approximate surface area is 93.4 Å². The van der Waals surface area contributed by atoms with Crippen LogP contribution < -0.4 is 5.32 Å². The number of aliphatic imine (C=N–C) groups is 1. The van der Waals surface area contributed by atoms with Crippen molar-refractivity contribution in [2.75, 3.05) is 6.54 Å². The second kappa shape index (κ2) is 6.85. The molecule has 1 rings (SSSR count). The van der Waals surface area contributed by atoms with Crippen LogP contribution in [0.2, 0.25) is 0 Å². The maximum absolute atomic E-state index is 8.50. The van der Waals surface area contributed by atoms with Gasteiger partial charge >= 0.3 is 0 Å². The lowest BCUT2D eigenvalue weighted by Gasteiger charge is -2.02. The van der Waals surface area contributed by atoms with E-state index in [9.17, 15) is 0 Å². The average Bonchev–Trinajstić information content (AvgIpc) is 2.28. The van der Waals surface area contributed by atoms with Gasteiger partial charge in [-0.25, -0.2) is 0 Å². The lowest BCUT2D eigenvalue weighted by atomic mass is 10.3. The minimum atomic E-state index is 0.664. The number of amidine groups is 1. The molecule has 0 saturated carbocycles.